The van der Waals surface area contributed by atoms with Crippen molar-refractivity contribution in [2.75, 3.05) is 5.32 Å². The summed E-state index contributed by atoms with van der Waals surface area (Å²) in [4.78, 5) is 11.9. The van der Waals surface area contributed by atoms with E-state index in [1.54, 1.807) is 0 Å². The predicted octanol–water partition coefficient (Wildman–Crippen LogP) is 3.35. The Morgan fingerprint density at radius 1 is 1.10 bits per heavy atom. The molecule has 1 aromatic carbocycles. The number of anilines is 1. The van der Waals surface area contributed by atoms with Gasteiger partial charge in [-0.3, -0.25) is 4.79 Å². The van der Waals surface area contributed by atoms with E-state index in [2.05, 4.69) is 10.6 Å². The standard InChI is InChI=1S/C14H18F4N2O/c1-4-8(5-2)20-14(21)7(3)19-13-11(17)9(15)6-10(16)12(13)18/h6-8,19H,4-5H2,1-3H3,(H,20,21). The van der Waals surface area contributed by atoms with Crippen LogP contribution in [0.1, 0.15) is 33.6 Å². The maximum absolute atomic E-state index is 13.5. The van der Waals surface area contributed by atoms with Gasteiger partial charge >= 0.3 is 0 Å². The number of carbonyl (C=O) groups excluding carboxylic acids is 1. The molecule has 7 heteroatoms. The van der Waals surface area contributed by atoms with Gasteiger partial charge in [0.15, 0.2) is 23.3 Å². The van der Waals surface area contributed by atoms with E-state index in [9.17, 15) is 22.4 Å². The fraction of sp³-hybridized carbons (Fsp3) is 0.500. The number of hydrogen-bond acceptors (Lipinski definition) is 2. The van der Waals surface area contributed by atoms with Gasteiger partial charge in [-0.25, -0.2) is 17.6 Å². The molecule has 1 rings (SSSR count). The average molecular weight is 306 g/mol. The van der Waals surface area contributed by atoms with Gasteiger partial charge in [-0.15, -0.1) is 0 Å². The third-order valence-electron chi connectivity index (χ3n) is 3.20. The normalized spacial score (nSPS) is 12.4. The number of benzene rings is 1. The second-order valence-electron chi connectivity index (χ2n) is 4.73. The molecule has 0 spiro atoms. The van der Waals surface area contributed by atoms with Crippen LogP contribution >= 0.6 is 0 Å². The van der Waals surface area contributed by atoms with Crippen molar-refractivity contribution in [2.24, 2.45) is 0 Å². The first kappa shape index (κ1) is 17.3. The van der Waals surface area contributed by atoms with Crippen LogP contribution < -0.4 is 10.6 Å². The Morgan fingerprint density at radius 2 is 1.57 bits per heavy atom. The van der Waals surface area contributed by atoms with E-state index in [1.165, 1.54) is 6.92 Å². The van der Waals surface area contributed by atoms with E-state index in [0.29, 0.717) is 12.8 Å². The molecule has 3 nitrogen and oxygen atoms in total. The first-order valence-electron chi connectivity index (χ1n) is 6.71. The summed E-state index contributed by atoms with van der Waals surface area (Å²) in [5, 5.41) is 4.84. The zero-order chi connectivity index (χ0) is 16.2. The van der Waals surface area contributed by atoms with Gasteiger partial charge < -0.3 is 10.6 Å². The summed E-state index contributed by atoms with van der Waals surface area (Å²) in [5.41, 5.74) is -0.986. The van der Waals surface area contributed by atoms with Crippen molar-refractivity contribution in [1.82, 2.24) is 5.32 Å². The maximum atomic E-state index is 13.5. The number of rotatable bonds is 6. The fourth-order valence-electron chi connectivity index (χ4n) is 1.80. The van der Waals surface area contributed by atoms with Crippen LogP contribution in [0.4, 0.5) is 23.2 Å². The molecule has 2 N–H and O–H groups in total. The van der Waals surface area contributed by atoms with Crippen LogP contribution in [0.5, 0.6) is 0 Å². The monoisotopic (exact) mass is 306 g/mol. The topological polar surface area (TPSA) is 41.1 Å². The number of amides is 1. The lowest BCUT2D eigenvalue weighted by molar-refractivity contribution is -0.122. The van der Waals surface area contributed by atoms with Crippen molar-refractivity contribution in [2.45, 2.75) is 45.7 Å². The van der Waals surface area contributed by atoms with Crippen LogP contribution in [0.15, 0.2) is 6.07 Å². The predicted molar refractivity (Wildman–Crippen MR) is 71.9 cm³/mol. The molecule has 0 aliphatic heterocycles. The summed E-state index contributed by atoms with van der Waals surface area (Å²) in [5.74, 6) is -6.67. The highest BCUT2D eigenvalue weighted by Gasteiger charge is 2.23. The molecular formula is C14H18F4N2O. The van der Waals surface area contributed by atoms with Crippen molar-refractivity contribution in [1.29, 1.82) is 0 Å². The van der Waals surface area contributed by atoms with Gasteiger partial charge in [0.1, 0.15) is 11.7 Å². The molecule has 0 fully saturated rings. The van der Waals surface area contributed by atoms with Gasteiger partial charge in [0, 0.05) is 12.1 Å². The Kier molecular flexibility index (Phi) is 5.99. The summed E-state index contributed by atoms with van der Waals surface area (Å²) in [6, 6.07) is -0.999. The summed E-state index contributed by atoms with van der Waals surface area (Å²) in [6.45, 7) is 5.11. The summed E-state index contributed by atoms with van der Waals surface area (Å²) in [6.07, 6.45) is 1.40. The van der Waals surface area contributed by atoms with Crippen molar-refractivity contribution < 1.29 is 22.4 Å². The first-order valence-corrected chi connectivity index (χ1v) is 6.71. The van der Waals surface area contributed by atoms with Crippen LogP contribution in [0.3, 0.4) is 0 Å². The second kappa shape index (κ2) is 7.28. The lowest BCUT2D eigenvalue weighted by Gasteiger charge is -2.20. The zero-order valence-electron chi connectivity index (χ0n) is 12.1. The number of nitrogens with one attached hydrogen (secondary N) is 2. The molecule has 0 radical (unpaired) electrons. The number of hydrogen-bond donors (Lipinski definition) is 2. The summed E-state index contributed by atoms with van der Waals surface area (Å²) in [7, 11) is 0. The van der Waals surface area contributed by atoms with Gasteiger partial charge in [0.2, 0.25) is 5.91 Å². The second-order valence-corrected chi connectivity index (χ2v) is 4.73. The highest BCUT2D eigenvalue weighted by Crippen LogP contribution is 2.24. The maximum Gasteiger partial charge on any atom is 0.242 e. The highest BCUT2D eigenvalue weighted by molar-refractivity contribution is 5.84. The van der Waals surface area contributed by atoms with E-state index in [-0.39, 0.29) is 12.1 Å². The molecule has 0 saturated carbocycles. The van der Waals surface area contributed by atoms with E-state index >= 15 is 0 Å². The van der Waals surface area contributed by atoms with E-state index in [4.69, 9.17) is 0 Å². The Morgan fingerprint density at radius 3 is 2.00 bits per heavy atom. The number of halogens is 4. The van der Waals surface area contributed by atoms with Gasteiger partial charge in [-0.1, -0.05) is 13.8 Å². The Hall–Kier alpha value is -1.79. The first-order chi connectivity index (χ1) is 9.81. The fourth-order valence-corrected chi connectivity index (χ4v) is 1.80. The molecule has 118 valence electrons. The van der Waals surface area contributed by atoms with Crippen LogP contribution in [-0.4, -0.2) is 18.0 Å². The van der Waals surface area contributed by atoms with E-state index < -0.39 is 40.9 Å². The molecule has 0 bridgehead atoms. The van der Waals surface area contributed by atoms with Crippen molar-refractivity contribution >= 4 is 11.6 Å². The molecule has 0 aliphatic rings. The summed E-state index contributed by atoms with van der Waals surface area (Å²) >= 11 is 0. The summed E-state index contributed by atoms with van der Waals surface area (Å²) < 4.78 is 53.1. The Labute approximate surface area is 120 Å². The quantitative estimate of drug-likeness (QED) is 0.625. The molecule has 0 heterocycles. The Bertz CT molecular complexity index is 492. The molecule has 1 unspecified atom stereocenters. The van der Waals surface area contributed by atoms with Crippen LogP contribution in [-0.2, 0) is 4.79 Å². The Balaban J connectivity index is 2.88. The zero-order valence-corrected chi connectivity index (χ0v) is 12.1. The van der Waals surface area contributed by atoms with Crippen molar-refractivity contribution in [3.63, 3.8) is 0 Å². The van der Waals surface area contributed by atoms with Crippen LogP contribution in [0, 0.1) is 23.3 Å². The molecule has 1 atom stereocenters. The smallest absolute Gasteiger partial charge is 0.242 e. The van der Waals surface area contributed by atoms with Gasteiger partial charge in [-0.05, 0) is 19.8 Å². The van der Waals surface area contributed by atoms with E-state index in [0.717, 1.165) is 0 Å². The molecule has 0 aliphatic carbocycles. The SMILES string of the molecule is CCC(CC)NC(=O)C(C)Nc1c(F)c(F)cc(F)c1F. The lowest BCUT2D eigenvalue weighted by Crippen LogP contribution is -2.43. The molecule has 21 heavy (non-hydrogen) atoms. The lowest BCUT2D eigenvalue weighted by atomic mass is 10.1. The van der Waals surface area contributed by atoms with Crippen molar-refractivity contribution in [3.8, 4) is 0 Å². The minimum Gasteiger partial charge on any atom is -0.369 e. The van der Waals surface area contributed by atoms with E-state index in [1.807, 2.05) is 13.8 Å². The third-order valence-corrected chi connectivity index (χ3v) is 3.20. The molecule has 1 aromatic rings. The molecular weight excluding hydrogens is 288 g/mol. The largest absolute Gasteiger partial charge is 0.369 e. The van der Waals surface area contributed by atoms with Gasteiger partial charge in [0.05, 0.1) is 0 Å². The minimum atomic E-state index is -1.56. The average Bonchev–Trinajstić information content (AvgIpc) is 2.46. The molecule has 0 saturated heterocycles. The van der Waals surface area contributed by atoms with Crippen LogP contribution in [0.2, 0.25) is 0 Å². The number of carbonyl (C=O) groups is 1. The van der Waals surface area contributed by atoms with Crippen LogP contribution in [0.25, 0.3) is 0 Å². The highest BCUT2D eigenvalue weighted by atomic mass is 19.2. The molecule has 1 amide bonds. The third kappa shape index (κ3) is 4.09. The van der Waals surface area contributed by atoms with Crippen molar-refractivity contribution in [3.05, 3.63) is 29.3 Å². The van der Waals surface area contributed by atoms with Gasteiger partial charge in [0.25, 0.3) is 0 Å². The van der Waals surface area contributed by atoms with Gasteiger partial charge in [-0.2, -0.15) is 0 Å². The molecule has 0 aromatic heterocycles. The minimum absolute atomic E-state index is 0.0688.